The standard InChI is InChI=1S/C31H32N10O10S2/c1-17-21(16-32)29(40(37-17)22-14-20(52(45,46)47)11-12-23(22)53(48,49)50)36-35-27-28(31(2,3)4)39-41-30(27)34-24(38-41)6-5-13-51-19-9-7-18(8-10-19)33-25(42)15-26(43)44/h7-12,14,39H,5-6,13,15H2,1-4H3,(H,33,42)(H,43,44)(H,45,46,47)(H,48,49,50). The minimum atomic E-state index is -4.97. The van der Waals surface area contributed by atoms with Gasteiger partial charge in [-0.2, -0.15) is 31.8 Å². The fraction of sp³-hybridized carbons (Fsp3) is 0.290. The molecule has 3 aromatic heterocycles. The van der Waals surface area contributed by atoms with Crippen LogP contribution in [0, 0.1) is 18.3 Å². The number of carbonyl (C=O) groups excluding carboxylic acids is 1. The van der Waals surface area contributed by atoms with Crippen molar-refractivity contribution < 1.29 is 45.4 Å². The topological polar surface area (TPSA) is 297 Å². The number of fused-ring (bicyclic) bond motifs is 1. The van der Waals surface area contributed by atoms with Gasteiger partial charge in [-0.25, -0.2) is 9.67 Å². The predicted molar refractivity (Wildman–Crippen MR) is 184 cm³/mol. The first-order valence-corrected chi connectivity index (χ1v) is 18.4. The number of aliphatic carboxylic acids is 1. The number of carboxylic acid groups (broad SMARTS) is 1. The molecule has 0 aliphatic heterocycles. The molecule has 2 aromatic carbocycles. The molecule has 5 rings (SSSR count). The van der Waals surface area contributed by atoms with Crippen molar-refractivity contribution in [1.29, 1.82) is 5.26 Å². The number of hydrogen-bond acceptors (Lipinski definition) is 13. The number of nitrogens with zero attached hydrogens (tertiary/aromatic N) is 8. The van der Waals surface area contributed by atoms with Crippen LogP contribution >= 0.6 is 0 Å². The molecule has 0 saturated heterocycles. The van der Waals surface area contributed by atoms with Gasteiger partial charge >= 0.3 is 5.97 Å². The maximum Gasteiger partial charge on any atom is 0.312 e. The van der Waals surface area contributed by atoms with Gasteiger partial charge in [0.2, 0.25) is 11.6 Å². The highest BCUT2D eigenvalue weighted by molar-refractivity contribution is 7.86. The van der Waals surface area contributed by atoms with E-state index < -0.39 is 59.4 Å². The number of nitrogens with one attached hydrogen (secondary N) is 2. The van der Waals surface area contributed by atoms with Crippen LogP contribution < -0.4 is 10.1 Å². The number of carbonyl (C=O) groups is 2. The molecule has 22 heteroatoms. The van der Waals surface area contributed by atoms with Crippen molar-refractivity contribution in [2.45, 2.75) is 62.2 Å². The van der Waals surface area contributed by atoms with Crippen molar-refractivity contribution in [1.82, 2.24) is 29.6 Å². The largest absolute Gasteiger partial charge is 0.494 e. The minimum absolute atomic E-state index is 0.0701. The summed E-state index contributed by atoms with van der Waals surface area (Å²) in [6, 6.07) is 10.6. The van der Waals surface area contributed by atoms with Gasteiger partial charge in [0.25, 0.3) is 20.2 Å². The summed E-state index contributed by atoms with van der Waals surface area (Å²) in [6.07, 6.45) is 0.227. The Morgan fingerprint density at radius 1 is 1.04 bits per heavy atom. The summed E-state index contributed by atoms with van der Waals surface area (Å²) in [7, 11) is -9.81. The fourth-order valence-electron chi connectivity index (χ4n) is 5.02. The number of azo groups is 1. The zero-order chi connectivity index (χ0) is 38.9. The highest BCUT2D eigenvalue weighted by Crippen LogP contribution is 2.37. The van der Waals surface area contributed by atoms with Gasteiger partial charge in [0.15, 0.2) is 17.3 Å². The van der Waals surface area contributed by atoms with E-state index in [1.54, 1.807) is 24.3 Å². The Morgan fingerprint density at radius 2 is 1.74 bits per heavy atom. The molecule has 53 heavy (non-hydrogen) atoms. The van der Waals surface area contributed by atoms with E-state index in [0.717, 1.165) is 22.9 Å². The number of aromatic amines is 1. The van der Waals surface area contributed by atoms with Crippen molar-refractivity contribution in [3.05, 3.63) is 65.2 Å². The summed E-state index contributed by atoms with van der Waals surface area (Å²) in [5.74, 6) is -1.26. The van der Waals surface area contributed by atoms with Crippen LogP contribution in [0.2, 0.25) is 0 Å². The Hall–Kier alpha value is -6.02. The number of ether oxygens (including phenoxy) is 1. The SMILES string of the molecule is Cc1nn(-c2cc(S(=O)(=O)O)ccc2S(=O)(=O)O)c(N=Nc2c(C(C)(C)C)[nH]n3nc(CCCOc4ccc(NC(=O)CC(=O)O)cc4)nc23)c1C#N. The van der Waals surface area contributed by atoms with Gasteiger partial charge in [0.05, 0.1) is 28.6 Å². The van der Waals surface area contributed by atoms with E-state index in [9.17, 15) is 40.8 Å². The molecule has 5 N–H and O–H groups in total. The first-order valence-electron chi connectivity index (χ1n) is 15.5. The van der Waals surface area contributed by atoms with Gasteiger partial charge < -0.3 is 15.2 Å². The number of anilines is 1. The summed E-state index contributed by atoms with van der Waals surface area (Å²) in [5.41, 5.74) is 0.291. The van der Waals surface area contributed by atoms with E-state index in [0.29, 0.717) is 35.8 Å². The average molecular weight is 769 g/mol. The monoisotopic (exact) mass is 768 g/mol. The van der Waals surface area contributed by atoms with E-state index in [1.807, 2.05) is 26.8 Å². The van der Waals surface area contributed by atoms with E-state index in [4.69, 9.17) is 9.84 Å². The quantitative estimate of drug-likeness (QED) is 0.0489. The fourth-order valence-corrected chi connectivity index (χ4v) is 6.17. The molecule has 0 spiro atoms. The molecule has 0 bridgehead atoms. The number of amides is 1. The normalized spacial score (nSPS) is 12.3. The van der Waals surface area contributed by atoms with Gasteiger partial charge in [-0.1, -0.05) is 20.8 Å². The first-order chi connectivity index (χ1) is 24.8. The molecule has 0 radical (unpaired) electrons. The van der Waals surface area contributed by atoms with Crippen LogP contribution in [-0.4, -0.2) is 79.1 Å². The molecule has 0 fully saturated rings. The van der Waals surface area contributed by atoms with Crippen molar-refractivity contribution >= 4 is 55.0 Å². The number of hydrogen-bond donors (Lipinski definition) is 5. The van der Waals surface area contributed by atoms with Crippen molar-refractivity contribution in [3.8, 4) is 17.5 Å². The molecular formula is C31H32N10O10S2. The third-order valence-corrected chi connectivity index (χ3v) is 9.21. The predicted octanol–water partition coefficient (Wildman–Crippen LogP) is 4.05. The number of benzene rings is 2. The lowest BCUT2D eigenvalue weighted by Gasteiger charge is -2.16. The smallest absolute Gasteiger partial charge is 0.312 e. The molecule has 3 heterocycles. The summed E-state index contributed by atoms with van der Waals surface area (Å²) in [4.78, 5) is 25.4. The number of aromatic nitrogens is 6. The molecule has 5 aromatic rings. The van der Waals surface area contributed by atoms with Gasteiger partial charge in [-0.3, -0.25) is 23.8 Å². The third-order valence-electron chi connectivity index (χ3n) is 7.46. The molecule has 0 atom stereocenters. The van der Waals surface area contributed by atoms with E-state index in [-0.39, 0.29) is 35.0 Å². The maximum absolute atomic E-state index is 12.3. The Bertz CT molecular complexity index is 2520. The second-order valence-electron chi connectivity index (χ2n) is 12.5. The summed E-state index contributed by atoms with van der Waals surface area (Å²) in [5, 5.41) is 41.6. The number of carboxylic acids is 1. The van der Waals surface area contributed by atoms with Gasteiger partial charge in [-0.15, -0.1) is 15.3 Å². The van der Waals surface area contributed by atoms with Crippen LogP contribution in [0.15, 0.2) is 62.5 Å². The van der Waals surface area contributed by atoms with Gasteiger partial charge in [0.1, 0.15) is 28.7 Å². The summed E-state index contributed by atoms with van der Waals surface area (Å²) >= 11 is 0. The van der Waals surface area contributed by atoms with E-state index in [2.05, 4.69) is 35.8 Å². The number of aryl methyl sites for hydroxylation is 2. The lowest BCUT2D eigenvalue weighted by molar-refractivity contribution is -0.139. The van der Waals surface area contributed by atoms with Crippen LogP contribution in [0.5, 0.6) is 5.75 Å². The van der Waals surface area contributed by atoms with Gasteiger partial charge in [-0.05, 0) is 55.8 Å². The summed E-state index contributed by atoms with van der Waals surface area (Å²) < 4.78 is 75.9. The molecule has 0 saturated carbocycles. The van der Waals surface area contributed by atoms with Gasteiger partial charge in [0, 0.05) is 17.5 Å². The Morgan fingerprint density at radius 3 is 2.34 bits per heavy atom. The molecular weight excluding hydrogens is 737 g/mol. The lowest BCUT2D eigenvalue weighted by atomic mass is 9.91. The molecule has 278 valence electrons. The number of nitriles is 1. The van der Waals surface area contributed by atoms with Crippen LogP contribution in [0.4, 0.5) is 17.2 Å². The van der Waals surface area contributed by atoms with Crippen LogP contribution in [-0.2, 0) is 41.7 Å². The van der Waals surface area contributed by atoms with Crippen molar-refractivity contribution in [2.24, 2.45) is 10.2 Å². The highest BCUT2D eigenvalue weighted by atomic mass is 32.2. The Kier molecular flexibility index (Phi) is 10.5. The number of H-pyrrole nitrogens is 1. The number of rotatable bonds is 13. The molecule has 1 amide bonds. The lowest BCUT2D eigenvalue weighted by Crippen LogP contribution is -2.15. The zero-order valence-electron chi connectivity index (χ0n) is 28.5. The van der Waals surface area contributed by atoms with Crippen LogP contribution in [0.25, 0.3) is 11.3 Å². The molecule has 0 aliphatic carbocycles. The van der Waals surface area contributed by atoms with E-state index in [1.165, 1.54) is 11.6 Å². The Balaban J connectivity index is 1.42. The maximum atomic E-state index is 12.3. The van der Waals surface area contributed by atoms with Crippen molar-refractivity contribution in [2.75, 3.05) is 11.9 Å². The molecule has 0 aliphatic rings. The molecule has 0 unspecified atom stereocenters. The zero-order valence-corrected chi connectivity index (χ0v) is 30.1. The average Bonchev–Trinajstić information content (AvgIpc) is 3.71. The van der Waals surface area contributed by atoms with Crippen LogP contribution in [0.1, 0.15) is 56.4 Å². The molecule has 20 nitrogen and oxygen atoms in total. The highest BCUT2D eigenvalue weighted by Gasteiger charge is 2.28. The first kappa shape index (κ1) is 38.2. The second-order valence-corrected chi connectivity index (χ2v) is 15.3. The third kappa shape index (κ3) is 8.72. The van der Waals surface area contributed by atoms with Crippen LogP contribution in [0.3, 0.4) is 0 Å². The minimum Gasteiger partial charge on any atom is -0.494 e. The van der Waals surface area contributed by atoms with Crippen molar-refractivity contribution in [3.63, 3.8) is 0 Å². The van der Waals surface area contributed by atoms with E-state index >= 15 is 0 Å². The summed E-state index contributed by atoms with van der Waals surface area (Å²) in [6.45, 7) is 7.38. The Labute approximate surface area is 301 Å². The second kappa shape index (κ2) is 14.5.